The van der Waals surface area contributed by atoms with Crippen LogP contribution in [-0.2, 0) is 20.7 Å². The highest BCUT2D eigenvalue weighted by Crippen LogP contribution is 2.35. The van der Waals surface area contributed by atoms with Crippen LogP contribution in [0.2, 0.25) is 0 Å². The minimum atomic E-state index is -1.13. The lowest BCUT2D eigenvalue weighted by atomic mass is 10.0. The molecule has 65 heavy (non-hydrogen) atoms. The fourth-order valence-electron chi connectivity index (χ4n) is 9.38. The number of aromatic nitrogens is 7. The lowest BCUT2D eigenvalue weighted by molar-refractivity contribution is -0.138. The van der Waals surface area contributed by atoms with Crippen LogP contribution < -0.4 is 5.32 Å². The Bertz CT molecular complexity index is 2890. The quantitative estimate of drug-likeness (QED) is 0.0815. The summed E-state index contributed by atoms with van der Waals surface area (Å²) in [6.45, 7) is 4.79. The first-order valence-electron chi connectivity index (χ1n) is 21.9. The van der Waals surface area contributed by atoms with Crippen LogP contribution in [0.5, 0.6) is 0 Å². The van der Waals surface area contributed by atoms with Crippen LogP contribution in [0.4, 0.5) is 9.59 Å². The molecule has 4 aromatic heterocycles. The smallest absolute Gasteiger partial charge is 0.407 e. The molecule has 0 aliphatic carbocycles. The second-order valence-corrected chi connectivity index (χ2v) is 17.1. The molecule has 0 saturated carbocycles. The van der Waals surface area contributed by atoms with E-state index in [9.17, 15) is 24.3 Å². The SMILES string of the molecule is COC(=O)N[C@H](Cc1c[nH]c2ccccc12)C(=O)N1CCC[C@H]1c1ncc(-c2ccc3nc(-c4ccc(-c5cnc([C@@H]6CCCN6C(=O)[C@H](C(C)C)N(C)C(=O)O)[nH]5)cc4)cnc3c2)[nH]1. The fraction of sp³-hybridized carbons (Fsp3) is 0.333. The van der Waals surface area contributed by atoms with E-state index in [1.807, 2.05) is 86.8 Å². The number of alkyl carbamates (subject to hydrolysis) is 1. The van der Waals surface area contributed by atoms with Crippen molar-refractivity contribution in [2.45, 2.75) is 70.1 Å². The highest BCUT2D eigenvalue weighted by atomic mass is 16.5. The highest BCUT2D eigenvalue weighted by molar-refractivity contribution is 5.89. The van der Waals surface area contributed by atoms with E-state index in [2.05, 4.69) is 25.3 Å². The van der Waals surface area contributed by atoms with Gasteiger partial charge in [-0.3, -0.25) is 19.5 Å². The molecule has 17 nitrogen and oxygen atoms in total. The van der Waals surface area contributed by atoms with Crippen molar-refractivity contribution >= 4 is 45.9 Å². The van der Waals surface area contributed by atoms with Gasteiger partial charge in [-0.2, -0.15) is 0 Å². The number of benzene rings is 3. The van der Waals surface area contributed by atoms with Crippen LogP contribution in [0.1, 0.15) is 68.8 Å². The Morgan fingerprint density at radius 1 is 0.815 bits per heavy atom. The number of carbonyl (C=O) groups excluding carboxylic acids is 3. The molecule has 2 aliphatic heterocycles. The van der Waals surface area contributed by atoms with E-state index >= 15 is 0 Å². The molecule has 6 heterocycles. The van der Waals surface area contributed by atoms with Crippen molar-refractivity contribution in [3.63, 3.8) is 0 Å². The second-order valence-electron chi connectivity index (χ2n) is 17.1. The molecule has 334 valence electrons. The van der Waals surface area contributed by atoms with Crippen LogP contribution in [0.15, 0.2) is 91.5 Å². The molecule has 0 radical (unpaired) electrons. The Kier molecular flexibility index (Phi) is 11.8. The fourth-order valence-corrected chi connectivity index (χ4v) is 9.38. The van der Waals surface area contributed by atoms with E-state index in [0.717, 1.165) is 80.6 Å². The number of carboxylic acid groups (broad SMARTS) is 1. The Balaban J connectivity index is 0.873. The minimum absolute atomic E-state index is 0.186. The van der Waals surface area contributed by atoms with E-state index in [1.165, 1.54) is 14.2 Å². The molecule has 5 N–H and O–H groups in total. The first-order chi connectivity index (χ1) is 31.5. The number of likely N-dealkylation sites (tertiary alicyclic amines) is 2. The predicted octanol–water partition coefficient (Wildman–Crippen LogP) is 7.49. The molecule has 0 bridgehead atoms. The van der Waals surface area contributed by atoms with Crippen molar-refractivity contribution < 1.29 is 29.0 Å². The van der Waals surface area contributed by atoms with Gasteiger partial charge >= 0.3 is 12.2 Å². The standard InChI is InChI=1S/C48H51N11O6/c1-27(2)42(57(3)48(63)64)46(61)59-20-8-12-41(59)44-51-25-38(54-44)29-15-13-28(14-16-29)37-24-50-35-21-30(17-18-34(35)53-37)39-26-52-43(55-39)40-11-7-19-58(40)45(60)36(56-47(62)65-4)22-31-23-49-33-10-6-5-9-32(31)33/h5-6,9-10,13-18,21,23-27,36,40-42,49H,7-8,11-12,19-20,22H2,1-4H3,(H,51,54)(H,52,55)(H,56,62)(H,63,64)/t36-,40+,41+,42+/m1/s1. The van der Waals surface area contributed by atoms with E-state index < -0.39 is 24.3 Å². The number of nitrogens with zero attached hydrogens (tertiary/aromatic N) is 7. The molecule has 4 amide bonds. The van der Waals surface area contributed by atoms with E-state index in [4.69, 9.17) is 19.7 Å². The van der Waals surface area contributed by atoms with Crippen LogP contribution in [0.25, 0.3) is 55.7 Å². The first-order valence-corrected chi connectivity index (χ1v) is 21.9. The topological polar surface area (TPSA) is 218 Å². The largest absolute Gasteiger partial charge is 0.465 e. The third kappa shape index (κ3) is 8.48. The van der Waals surface area contributed by atoms with E-state index in [1.54, 1.807) is 28.4 Å². The Hall–Kier alpha value is -7.56. The maximum atomic E-state index is 14.2. The lowest BCUT2D eigenvalue weighted by Crippen LogP contribution is -2.51. The minimum Gasteiger partial charge on any atom is -0.465 e. The molecular weight excluding hydrogens is 827 g/mol. The van der Waals surface area contributed by atoms with Crippen molar-refractivity contribution in [1.82, 2.24) is 54.9 Å². The maximum absolute atomic E-state index is 14.2. The number of amides is 4. The van der Waals surface area contributed by atoms with Gasteiger partial charge in [0.05, 0.1) is 65.9 Å². The number of aromatic amines is 3. The molecule has 2 saturated heterocycles. The second kappa shape index (κ2) is 17.9. The number of rotatable bonds is 12. The molecule has 0 spiro atoms. The Labute approximate surface area is 374 Å². The maximum Gasteiger partial charge on any atom is 0.407 e. The summed E-state index contributed by atoms with van der Waals surface area (Å²) in [5.74, 6) is 0.748. The van der Waals surface area contributed by atoms with Crippen molar-refractivity contribution in [3.8, 4) is 33.8 Å². The van der Waals surface area contributed by atoms with Gasteiger partial charge in [0.25, 0.3) is 0 Å². The summed E-state index contributed by atoms with van der Waals surface area (Å²) in [7, 11) is 2.73. The summed E-state index contributed by atoms with van der Waals surface area (Å²) < 4.78 is 4.90. The van der Waals surface area contributed by atoms with Gasteiger partial charge in [0, 0.05) is 54.8 Å². The lowest BCUT2D eigenvalue weighted by Gasteiger charge is -2.33. The van der Waals surface area contributed by atoms with Crippen LogP contribution in [0.3, 0.4) is 0 Å². The zero-order valence-electron chi connectivity index (χ0n) is 36.6. The number of methoxy groups -OCH3 is 1. The summed E-state index contributed by atoms with van der Waals surface area (Å²) in [6, 6.07) is 19.5. The van der Waals surface area contributed by atoms with Crippen molar-refractivity contribution in [1.29, 1.82) is 0 Å². The van der Waals surface area contributed by atoms with Gasteiger partial charge < -0.3 is 39.9 Å². The summed E-state index contributed by atoms with van der Waals surface area (Å²) in [5.41, 5.74) is 8.30. The predicted molar refractivity (Wildman–Crippen MR) is 243 cm³/mol. The van der Waals surface area contributed by atoms with Gasteiger partial charge in [-0.05, 0) is 60.9 Å². The van der Waals surface area contributed by atoms with Gasteiger partial charge in [-0.1, -0.05) is 62.4 Å². The van der Waals surface area contributed by atoms with Crippen molar-refractivity contribution in [2.75, 3.05) is 27.2 Å². The monoisotopic (exact) mass is 877 g/mol. The Morgan fingerprint density at radius 3 is 2.11 bits per heavy atom. The molecule has 17 heteroatoms. The Morgan fingerprint density at radius 2 is 1.45 bits per heavy atom. The number of ether oxygens (including phenoxy) is 1. The molecule has 2 aliphatic rings. The molecular formula is C48H51N11O6. The number of nitrogens with one attached hydrogen (secondary N) is 4. The number of H-pyrrole nitrogens is 3. The summed E-state index contributed by atoms with van der Waals surface area (Å²) in [4.78, 5) is 85.9. The number of para-hydroxylation sites is 1. The third-order valence-corrected chi connectivity index (χ3v) is 12.7. The number of imidazole rings is 2. The number of hydrogen-bond acceptors (Lipinski definition) is 9. The molecule has 9 rings (SSSR count). The summed E-state index contributed by atoms with van der Waals surface area (Å²) >= 11 is 0. The van der Waals surface area contributed by atoms with Gasteiger partial charge in [-0.25, -0.2) is 24.5 Å². The van der Waals surface area contributed by atoms with E-state index in [-0.39, 0.29) is 29.8 Å². The number of likely N-dealkylation sites (N-methyl/N-ethyl adjacent to an activating group) is 1. The van der Waals surface area contributed by atoms with Crippen molar-refractivity contribution in [3.05, 3.63) is 109 Å². The summed E-state index contributed by atoms with van der Waals surface area (Å²) in [5, 5.41) is 13.4. The molecule has 0 unspecified atom stereocenters. The van der Waals surface area contributed by atoms with Gasteiger partial charge in [-0.15, -0.1) is 0 Å². The molecule has 2 fully saturated rings. The molecule has 7 aromatic rings. The van der Waals surface area contributed by atoms with Gasteiger partial charge in [0.2, 0.25) is 11.8 Å². The zero-order valence-corrected chi connectivity index (χ0v) is 36.6. The first kappa shape index (κ1) is 42.7. The van der Waals surface area contributed by atoms with Crippen LogP contribution >= 0.6 is 0 Å². The average molecular weight is 878 g/mol. The number of carbonyl (C=O) groups is 4. The van der Waals surface area contributed by atoms with Crippen LogP contribution in [-0.4, -0.2) is 118 Å². The average Bonchev–Trinajstić information content (AvgIpc) is 4.18. The number of fused-ring (bicyclic) bond motifs is 2. The van der Waals surface area contributed by atoms with Crippen molar-refractivity contribution in [2.24, 2.45) is 5.92 Å². The third-order valence-electron chi connectivity index (χ3n) is 12.7. The zero-order chi connectivity index (χ0) is 45.4. The van der Waals surface area contributed by atoms with E-state index in [0.29, 0.717) is 42.4 Å². The number of hydrogen-bond donors (Lipinski definition) is 5. The normalized spacial score (nSPS) is 17.2. The summed E-state index contributed by atoms with van der Waals surface area (Å²) in [6.07, 6.45) is 8.72. The molecule has 4 atom stereocenters. The van der Waals surface area contributed by atoms with Gasteiger partial charge in [0.1, 0.15) is 23.7 Å². The van der Waals surface area contributed by atoms with Crippen LogP contribution in [0, 0.1) is 5.92 Å². The van der Waals surface area contributed by atoms with Gasteiger partial charge in [0.15, 0.2) is 0 Å². The molecule has 3 aromatic carbocycles. The highest BCUT2D eigenvalue weighted by Gasteiger charge is 2.40.